The van der Waals surface area contributed by atoms with Crippen molar-refractivity contribution >= 4 is 6.03 Å². The fraction of sp³-hybridized carbons (Fsp3) is 0.462. The van der Waals surface area contributed by atoms with Gasteiger partial charge in [0.2, 0.25) is 0 Å². The van der Waals surface area contributed by atoms with Gasteiger partial charge in [-0.05, 0) is 19.1 Å². The van der Waals surface area contributed by atoms with E-state index < -0.39 is 0 Å². The van der Waals surface area contributed by atoms with E-state index in [0.29, 0.717) is 0 Å². The van der Waals surface area contributed by atoms with Gasteiger partial charge >= 0.3 is 6.03 Å². The van der Waals surface area contributed by atoms with Crippen LogP contribution in [0.4, 0.5) is 4.79 Å². The molecule has 98 valence electrons. The standard InChI is InChI=1S/C13H19N3O2/c1-11-2-4-12(5-3-11)18-10-15-13(17)16-8-6-14-7-9-16/h2-5,14H,6-10H2,1H3,(H,15,17). The van der Waals surface area contributed by atoms with Crippen molar-refractivity contribution in [1.82, 2.24) is 15.5 Å². The van der Waals surface area contributed by atoms with E-state index in [2.05, 4.69) is 10.6 Å². The largest absolute Gasteiger partial charge is 0.473 e. The van der Waals surface area contributed by atoms with Gasteiger partial charge in [-0.25, -0.2) is 4.79 Å². The monoisotopic (exact) mass is 249 g/mol. The van der Waals surface area contributed by atoms with Crippen molar-refractivity contribution in [3.8, 4) is 5.75 Å². The molecule has 2 rings (SSSR count). The lowest BCUT2D eigenvalue weighted by Gasteiger charge is -2.27. The number of carbonyl (C=O) groups excluding carboxylic acids is 1. The number of carbonyl (C=O) groups is 1. The van der Waals surface area contributed by atoms with Crippen LogP contribution in [0.15, 0.2) is 24.3 Å². The molecule has 1 aliphatic rings. The molecule has 0 spiro atoms. The minimum atomic E-state index is -0.0661. The second-order valence-corrected chi connectivity index (χ2v) is 4.32. The number of hydrogen-bond acceptors (Lipinski definition) is 3. The predicted molar refractivity (Wildman–Crippen MR) is 69.6 cm³/mol. The lowest BCUT2D eigenvalue weighted by atomic mass is 10.2. The quantitative estimate of drug-likeness (QED) is 0.784. The summed E-state index contributed by atoms with van der Waals surface area (Å²) in [6.07, 6.45) is 0. The summed E-state index contributed by atoms with van der Waals surface area (Å²) >= 11 is 0. The molecule has 0 bridgehead atoms. The number of nitrogens with one attached hydrogen (secondary N) is 2. The Morgan fingerprint density at radius 3 is 2.67 bits per heavy atom. The van der Waals surface area contributed by atoms with Gasteiger partial charge in [0.25, 0.3) is 0 Å². The van der Waals surface area contributed by atoms with Crippen molar-refractivity contribution in [2.75, 3.05) is 32.9 Å². The molecule has 0 aliphatic carbocycles. The number of aryl methyl sites for hydroxylation is 1. The van der Waals surface area contributed by atoms with Crippen LogP contribution >= 0.6 is 0 Å². The normalized spacial score (nSPS) is 15.3. The molecule has 5 nitrogen and oxygen atoms in total. The molecule has 1 saturated heterocycles. The van der Waals surface area contributed by atoms with Crippen LogP contribution in [0.2, 0.25) is 0 Å². The van der Waals surface area contributed by atoms with E-state index in [9.17, 15) is 4.79 Å². The molecular formula is C13H19N3O2. The van der Waals surface area contributed by atoms with Crippen LogP contribution in [0.3, 0.4) is 0 Å². The summed E-state index contributed by atoms with van der Waals surface area (Å²) in [6.45, 7) is 5.42. The van der Waals surface area contributed by atoms with Gasteiger partial charge in [0.05, 0.1) is 0 Å². The second-order valence-electron chi connectivity index (χ2n) is 4.32. The van der Waals surface area contributed by atoms with Gasteiger partial charge in [-0.2, -0.15) is 0 Å². The van der Waals surface area contributed by atoms with E-state index in [1.54, 1.807) is 4.90 Å². The van der Waals surface area contributed by atoms with Gasteiger partial charge in [0.1, 0.15) is 5.75 Å². The Hall–Kier alpha value is -1.75. The van der Waals surface area contributed by atoms with Crippen LogP contribution in [-0.2, 0) is 0 Å². The number of ether oxygens (including phenoxy) is 1. The molecule has 2 N–H and O–H groups in total. The van der Waals surface area contributed by atoms with E-state index in [1.807, 2.05) is 31.2 Å². The zero-order valence-electron chi connectivity index (χ0n) is 10.6. The van der Waals surface area contributed by atoms with Crippen LogP contribution in [0.25, 0.3) is 0 Å². The summed E-state index contributed by atoms with van der Waals surface area (Å²) in [7, 11) is 0. The van der Waals surface area contributed by atoms with E-state index >= 15 is 0 Å². The van der Waals surface area contributed by atoms with Gasteiger partial charge in [-0.15, -0.1) is 0 Å². The lowest BCUT2D eigenvalue weighted by Crippen LogP contribution is -2.50. The summed E-state index contributed by atoms with van der Waals surface area (Å²) in [5, 5.41) is 5.96. The van der Waals surface area contributed by atoms with Gasteiger partial charge in [-0.3, -0.25) is 0 Å². The van der Waals surface area contributed by atoms with E-state index in [-0.39, 0.29) is 12.8 Å². The number of piperazine rings is 1. The first kappa shape index (κ1) is 12.7. The molecule has 0 radical (unpaired) electrons. The minimum Gasteiger partial charge on any atom is -0.473 e. The second kappa shape index (κ2) is 6.26. The highest BCUT2D eigenvalue weighted by Gasteiger charge is 2.15. The Balaban J connectivity index is 1.71. The molecule has 1 aromatic carbocycles. The first-order chi connectivity index (χ1) is 8.75. The highest BCUT2D eigenvalue weighted by atomic mass is 16.5. The number of benzene rings is 1. The van der Waals surface area contributed by atoms with Crippen LogP contribution in [0, 0.1) is 6.92 Å². The first-order valence-electron chi connectivity index (χ1n) is 6.19. The number of rotatable bonds is 3. The molecular weight excluding hydrogens is 230 g/mol. The molecule has 1 aromatic rings. The molecule has 18 heavy (non-hydrogen) atoms. The van der Waals surface area contributed by atoms with Gasteiger partial charge < -0.3 is 20.3 Å². The zero-order valence-corrected chi connectivity index (χ0v) is 10.6. The number of urea groups is 1. The number of nitrogens with zero attached hydrogens (tertiary/aromatic N) is 1. The zero-order chi connectivity index (χ0) is 12.8. The molecule has 5 heteroatoms. The summed E-state index contributed by atoms with van der Waals surface area (Å²) in [6, 6.07) is 7.68. The summed E-state index contributed by atoms with van der Waals surface area (Å²) in [4.78, 5) is 13.5. The van der Waals surface area contributed by atoms with Gasteiger partial charge in [0.15, 0.2) is 6.73 Å². The highest BCUT2D eigenvalue weighted by Crippen LogP contribution is 2.10. The molecule has 0 atom stereocenters. The SMILES string of the molecule is Cc1ccc(OCNC(=O)N2CCNCC2)cc1. The first-order valence-corrected chi connectivity index (χ1v) is 6.19. The predicted octanol–water partition coefficient (Wildman–Crippen LogP) is 0.946. The number of amides is 2. The maximum atomic E-state index is 11.7. The van der Waals surface area contributed by atoms with Crippen LogP contribution < -0.4 is 15.4 Å². The van der Waals surface area contributed by atoms with Crippen LogP contribution in [0.5, 0.6) is 5.75 Å². The van der Waals surface area contributed by atoms with Crippen molar-refractivity contribution < 1.29 is 9.53 Å². The molecule has 1 fully saturated rings. The number of hydrogen-bond donors (Lipinski definition) is 2. The van der Waals surface area contributed by atoms with Gasteiger partial charge in [-0.1, -0.05) is 17.7 Å². The Morgan fingerprint density at radius 2 is 2.00 bits per heavy atom. The fourth-order valence-electron chi connectivity index (χ4n) is 1.80. The average molecular weight is 249 g/mol. The Labute approximate surface area is 107 Å². The fourth-order valence-corrected chi connectivity index (χ4v) is 1.80. The smallest absolute Gasteiger partial charge is 0.320 e. The topological polar surface area (TPSA) is 53.6 Å². The van der Waals surface area contributed by atoms with Crippen molar-refractivity contribution in [3.63, 3.8) is 0 Å². The summed E-state index contributed by atoms with van der Waals surface area (Å²) in [5.41, 5.74) is 1.19. The Kier molecular flexibility index (Phi) is 4.41. The van der Waals surface area contributed by atoms with Crippen LogP contribution in [0.1, 0.15) is 5.56 Å². The highest BCUT2D eigenvalue weighted by molar-refractivity contribution is 5.74. The van der Waals surface area contributed by atoms with Crippen molar-refractivity contribution in [1.29, 1.82) is 0 Å². The molecule has 0 saturated carbocycles. The minimum absolute atomic E-state index is 0.0661. The third kappa shape index (κ3) is 3.63. The van der Waals surface area contributed by atoms with Gasteiger partial charge in [0, 0.05) is 26.2 Å². The molecule has 1 heterocycles. The average Bonchev–Trinajstić information content (AvgIpc) is 2.42. The lowest BCUT2D eigenvalue weighted by molar-refractivity contribution is 0.178. The maximum Gasteiger partial charge on any atom is 0.320 e. The van der Waals surface area contributed by atoms with E-state index in [0.717, 1.165) is 31.9 Å². The van der Waals surface area contributed by atoms with Crippen LogP contribution in [-0.4, -0.2) is 43.8 Å². The Bertz CT molecular complexity index is 386. The molecule has 0 unspecified atom stereocenters. The molecule has 2 amide bonds. The van der Waals surface area contributed by atoms with Crippen molar-refractivity contribution in [2.24, 2.45) is 0 Å². The third-order valence-corrected chi connectivity index (χ3v) is 2.89. The summed E-state index contributed by atoms with van der Waals surface area (Å²) in [5.74, 6) is 0.765. The molecule has 1 aliphatic heterocycles. The Morgan fingerprint density at radius 1 is 1.33 bits per heavy atom. The maximum absolute atomic E-state index is 11.7. The van der Waals surface area contributed by atoms with E-state index in [1.165, 1.54) is 5.56 Å². The summed E-state index contributed by atoms with van der Waals surface area (Å²) < 4.78 is 5.45. The third-order valence-electron chi connectivity index (χ3n) is 2.89. The van der Waals surface area contributed by atoms with Crippen molar-refractivity contribution in [3.05, 3.63) is 29.8 Å². The van der Waals surface area contributed by atoms with E-state index in [4.69, 9.17) is 4.74 Å². The van der Waals surface area contributed by atoms with Crippen molar-refractivity contribution in [2.45, 2.75) is 6.92 Å². The molecule has 0 aromatic heterocycles.